The van der Waals surface area contributed by atoms with Gasteiger partial charge >= 0.3 is 0 Å². The first kappa shape index (κ1) is 27.6. The van der Waals surface area contributed by atoms with Crippen LogP contribution in [0.25, 0.3) is 0 Å². The quantitative estimate of drug-likeness (QED) is 0.449. The van der Waals surface area contributed by atoms with Gasteiger partial charge in [0.25, 0.3) is 0 Å². The number of aryl methyl sites for hydroxylation is 1. The van der Waals surface area contributed by atoms with E-state index in [0.29, 0.717) is 25.0 Å². The molecule has 1 saturated carbocycles. The Morgan fingerprint density at radius 2 is 1.95 bits per heavy atom. The Morgan fingerprint density at radius 1 is 1.16 bits per heavy atom. The van der Waals surface area contributed by atoms with Crippen molar-refractivity contribution in [2.45, 2.75) is 78.0 Å². The van der Waals surface area contributed by atoms with Crippen molar-refractivity contribution in [3.8, 4) is 5.75 Å². The van der Waals surface area contributed by atoms with E-state index in [1.807, 2.05) is 38.1 Å². The summed E-state index contributed by atoms with van der Waals surface area (Å²) in [6.07, 6.45) is 4.40. The van der Waals surface area contributed by atoms with Crippen LogP contribution in [0, 0.1) is 18.8 Å². The van der Waals surface area contributed by atoms with Crippen LogP contribution in [0.2, 0.25) is 0 Å². The zero-order chi connectivity index (χ0) is 26.4. The number of rotatable bonds is 9. The van der Waals surface area contributed by atoms with Crippen LogP contribution in [0.3, 0.4) is 0 Å². The van der Waals surface area contributed by atoms with E-state index in [1.165, 1.54) is 11.1 Å². The van der Waals surface area contributed by atoms with Gasteiger partial charge in [-0.3, -0.25) is 9.69 Å². The van der Waals surface area contributed by atoms with E-state index in [1.54, 1.807) is 0 Å². The molecule has 2 aromatic rings. The lowest BCUT2D eigenvalue weighted by Crippen LogP contribution is -2.48. The lowest BCUT2D eigenvalue weighted by Gasteiger charge is -2.32. The fourth-order valence-corrected chi connectivity index (χ4v) is 5.64. The molecule has 1 saturated heterocycles. The van der Waals surface area contributed by atoms with Crippen molar-refractivity contribution in [3.05, 3.63) is 59.2 Å². The summed E-state index contributed by atoms with van der Waals surface area (Å²) in [5, 5.41) is 16.7. The first-order valence-corrected chi connectivity index (χ1v) is 13.9. The number of benzene rings is 2. The number of anilines is 1. The molecule has 6 heteroatoms. The minimum absolute atomic E-state index is 0.0636. The molecule has 1 amide bonds. The lowest BCUT2D eigenvalue weighted by molar-refractivity contribution is -0.121. The Kier molecular flexibility index (Phi) is 9.27. The molecule has 3 N–H and O–H groups in total. The van der Waals surface area contributed by atoms with Crippen molar-refractivity contribution in [1.82, 2.24) is 10.2 Å². The Morgan fingerprint density at radius 3 is 2.65 bits per heavy atom. The highest BCUT2D eigenvalue weighted by Crippen LogP contribution is 2.31. The second-order valence-corrected chi connectivity index (χ2v) is 11.9. The summed E-state index contributed by atoms with van der Waals surface area (Å²) >= 11 is 0. The molecule has 0 aromatic heterocycles. The highest BCUT2D eigenvalue weighted by atomic mass is 16.5. The molecule has 202 valence electrons. The van der Waals surface area contributed by atoms with E-state index >= 15 is 0 Å². The predicted octanol–water partition coefficient (Wildman–Crippen LogP) is 4.93. The highest BCUT2D eigenvalue weighted by molar-refractivity contribution is 5.92. The number of hydrogen-bond donors (Lipinski definition) is 3. The minimum Gasteiger partial charge on any atom is -0.493 e. The van der Waals surface area contributed by atoms with Crippen LogP contribution in [-0.4, -0.2) is 53.8 Å². The second-order valence-electron chi connectivity index (χ2n) is 11.9. The number of nitrogens with one attached hydrogen (secondary N) is 2. The molecule has 1 atom stereocenters. The zero-order valence-electron chi connectivity index (χ0n) is 23.1. The van der Waals surface area contributed by atoms with Gasteiger partial charge in [0.05, 0.1) is 12.2 Å². The van der Waals surface area contributed by atoms with Gasteiger partial charge in [0.1, 0.15) is 5.75 Å². The summed E-state index contributed by atoms with van der Waals surface area (Å²) in [7, 11) is 0. The van der Waals surface area contributed by atoms with Crippen molar-refractivity contribution in [2.75, 3.05) is 31.6 Å². The third-order valence-corrected chi connectivity index (χ3v) is 7.70. The van der Waals surface area contributed by atoms with Gasteiger partial charge in [0.15, 0.2) is 0 Å². The number of hydrogen-bond acceptors (Lipinski definition) is 5. The van der Waals surface area contributed by atoms with Crippen molar-refractivity contribution in [3.63, 3.8) is 0 Å². The molecule has 0 radical (unpaired) electrons. The number of ether oxygens (including phenoxy) is 1. The van der Waals surface area contributed by atoms with E-state index < -0.39 is 5.60 Å². The monoisotopic (exact) mass is 507 g/mol. The molecule has 2 aliphatic rings. The Bertz CT molecular complexity index is 1040. The molecule has 6 nitrogen and oxygen atoms in total. The summed E-state index contributed by atoms with van der Waals surface area (Å²) in [6.45, 7) is 12.8. The van der Waals surface area contributed by atoms with Crippen LogP contribution >= 0.6 is 0 Å². The fraction of sp³-hybridized carbons (Fsp3) is 0.581. The molecule has 1 aliphatic heterocycles. The summed E-state index contributed by atoms with van der Waals surface area (Å²) in [6, 6.07) is 14.9. The molecule has 4 rings (SSSR count). The molecule has 2 aromatic carbocycles. The summed E-state index contributed by atoms with van der Waals surface area (Å²) in [4.78, 5) is 15.5. The lowest BCUT2D eigenvalue weighted by atomic mass is 9.82. The predicted molar refractivity (Wildman–Crippen MR) is 150 cm³/mol. The van der Waals surface area contributed by atoms with Gasteiger partial charge in [0, 0.05) is 50.2 Å². The molecular formula is C31H45N3O3. The van der Waals surface area contributed by atoms with Crippen molar-refractivity contribution < 1.29 is 14.6 Å². The number of amides is 1. The molecule has 1 unspecified atom stereocenters. The van der Waals surface area contributed by atoms with Gasteiger partial charge < -0.3 is 20.5 Å². The van der Waals surface area contributed by atoms with Crippen molar-refractivity contribution >= 4 is 11.6 Å². The van der Waals surface area contributed by atoms with Gasteiger partial charge in [-0.2, -0.15) is 0 Å². The topological polar surface area (TPSA) is 73.8 Å². The van der Waals surface area contributed by atoms with Crippen LogP contribution < -0.4 is 15.4 Å². The Balaban J connectivity index is 1.21. The van der Waals surface area contributed by atoms with Crippen LogP contribution in [0.4, 0.5) is 5.69 Å². The highest BCUT2D eigenvalue weighted by Gasteiger charge is 2.27. The number of piperazine rings is 1. The minimum atomic E-state index is -0.734. The number of carbonyl (C=O) groups excluding carboxylic acids is 1. The molecular weight excluding hydrogens is 462 g/mol. The van der Waals surface area contributed by atoms with E-state index in [2.05, 4.69) is 47.6 Å². The summed E-state index contributed by atoms with van der Waals surface area (Å²) in [5.41, 5.74) is 3.81. The van der Waals surface area contributed by atoms with Gasteiger partial charge in [0.2, 0.25) is 5.91 Å². The molecule has 1 aliphatic carbocycles. The van der Waals surface area contributed by atoms with E-state index in [4.69, 9.17) is 4.74 Å². The van der Waals surface area contributed by atoms with Crippen molar-refractivity contribution in [2.24, 2.45) is 11.8 Å². The fourth-order valence-electron chi connectivity index (χ4n) is 5.64. The van der Waals surface area contributed by atoms with E-state index in [0.717, 1.165) is 68.9 Å². The number of carbonyl (C=O) groups is 1. The number of nitrogens with zero attached hydrogens (tertiary/aromatic N) is 1. The average Bonchev–Trinajstić information content (AvgIpc) is 2.84. The maximum Gasteiger partial charge on any atom is 0.227 e. The molecule has 37 heavy (non-hydrogen) atoms. The molecule has 0 spiro atoms. The van der Waals surface area contributed by atoms with Crippen LogP contribution in [0.15, 0.2) is 42.5 Å². The Hall–Kier alpha value is -2.41. The normalized spacial score (nSPS) is 23.0. The standard InChI is InChI=1S/C31H45N3O3/c1-22-16-28(13-12-27(22)20-34-15-14-32-23(2)19-34)33-30(35)26-10-8-24(9-11-26)21-37-29-7-5-6-25(17-29)18-31(3,4)36/h5-7,12-13,16-17,23-24,26,32,36H,8-11,14-15,18-21H2,1-4H3,(H,33,35). The number of aliphatic hydroxyl groups is 1. The van der Waals surface area contributed by atoms with Gasteiger partial charge in [-0.05, 0) is 100 Å². The average molecular weight is 508 g/mol. The third-order valence-electron chi connectivity index (χ3n) is 7.70. The van der Waals surface area contributed by atoms with Crippen LogP contribution in [-0.2, 0) is 17.8 Å². The van der Waals surface area contributed by atoms with Gasteiger partial charge in [-0.25, -0.2) is 0 Å². The molecule has 1 heterocycles. The largest absolute Gasteiger partial charge is 0.493 e. The summed E-state index contributed by atoms with van der Waals surface area (Å²) < 4.78 is 6.09. The molecule has 0 bridgehead atoms. The third kappa shape index (κ3) is 8.56. The van der Waals surface area contributed by atoms with Crippen LogP contribution in [0.5, 0.6) is 5.75 Å². The SMILES string of the molecule is Cc1cc(NC(=O)C2CCC(COc3cccc(CC(C)(C)O)c3)CC2)ccc1CN1CCNC(C)C1. The smallest absolute Gasteiger partial charge is 0.227 e. The maximum absolute atomic E-state index is 13.0. The second kappa shape index (κ2) is 12.4. The first-order valence-electron chi connectivity index (χ1n) is 13.9. The molecule has 2 fully saturated rings. The van der Waals surface area contributed by atoms with Gasteiger partial charge in [-0.15, -0.1) is 0 Å². The van der Waals surface area contributed by atoms with Crippen LogP contribution in [0.1, 0.15) is 63.1 Å². The summed E-state index contributed by atoms with van der Waals surface area (Å²) in [5.74, 6) is 1.53. The Labute approximate surface area is 222 Å². The van der Waals surface area contributed by atoms with E-state index in [-0.39, 0.29) is 11.8 Å². The first-order chi connectivity index (χ1) is 17.6. The maximum atomic E-state index is 13.0. The van der Waals surface area contributed by atoms with E-state index in [9.17, 15) is 9.90 Å². The van der Waals surface area contributed by atoms with Crippen molar-refractivity contribution in [1.29, 1.82) is 0 Å². The van der Waals surface area contributed by atoms with Gasteiger partial charge in [-0.1, -0.05) is 18.2 Å². The zero-order valence-corrected chi connectivity index (χ0v) is 23.1.